The maximum atomic E-state index is 13.1. The summed E-state index contributed by atoms with van der Waals surface area (Å²) in [4.78, 5) is 2.19. The molecule has 1 unspecified atom stereocenters. The summed E-state index contributed by atoms with van der Waals surface area (Å²) in [6.45, 7) is 4.43. The van der Waals surface area contributed by atoms with E-state index in [1.54, 1.807) is 49.6 Å². The number of benzene rings is 3. The Morgan fingerprint density at radius 2 is 1.51 bits per heavy atom. The smallest absolute Gasteiger partial charge is 0.265 e. The Labute approximate surface area is 263 Å². The number of sulfonamides is 1. The topological polar surface area (TPSA) is 141 Å². The summed E-state index contributed by atoms with van der Waals surface area (Å²) in [5, 5.41) is 0.814. The molecule has 1 aliphatic rings. The molecule has 43 heavy (non-hydrogen) atoms. The molecule has 1 fully saturated rings. The molecule has 14 heteroatoms. The molecular weight excluding hydrogens is 637 g/mol. The van der Waals surface area contributed by atoms with Gasteiger partial charge >= 0.3 is 0 Å². The highest BCUT2D eigenvalue weighted by Crippen LogP contribution is 2.36. The lowest BCUT2D eigenvalue weighted by atomic mass is 10.1. The van der Waals surface area contributed by atoms with Gasteiger partial charge < -0.3 is 24.5 Å². The number of anilines is 2. The first-order valence-electron chi connectivity index (χ1n) is 13.1. The van der Waals surface area contributed by atoms with Crippen LogP contribution in [0.3, 0.4) is 0 Å². The summed E-state index contributed by atoms with van der Waals surface area (Å²) in [6.07, 6.45) is 4.48. The van der Waals surface area contributed by atoms with Gasteiger partial charge in [-0.2, -0.15) is 0 Å². The molecule has 0 bridgehead atoms. The van der Waals surface area contributed by atoms with Crippen molar-refractivity contribution in [2.75, 3.05) is 30.4 Å². The van der Waals surface area contributed by atoms with Crippen LogP contribution in [-0.2, 0) is 19.1 Å². The number of nitrogens with zero attached hydrogens (tertiary/aromatic N) is 1. The van der Waals surface area contributed by atoms with Crippen molar-refractivity contribution in [3.8, 4) is 11.5 Å². The normalized spacial score (nSPS) is 15.2. The van der Waals surface area contributed by atoms with Crippen LogP contribution in [0.4, 0.5) is 11.4 Å². The second-order valence-corrected chi connectivity index (χ2v) is 14.1. The third kappa shape index (κ3) is 8.07. The summed E-state index contributed by atoms with van der Waals surface area (Å²) < 4.78 is 66.8. The zero-order valence-corrected chi connectivity index (χ0v) is 27.4. The first-order chi connectivity index (χ1) is 19.8. The predicted octanol–water partition coefficient (Wildman–Crippen LogP) is 6.18. The number of ether oxygens (including phenoxy) is 2. The van der Waals surface area contributed by atoms with Gasteiger partial charge in [0.05, 0.1) is 38.0 Å². The third-order valence-corrected chi connectivity index (χ3v) is 9.58. The summed E-state index contributed by atoms with van der Waals surface area (Å²) in [7, 11) is 0.494. The van der Waals surface area contributed by atoms with Crippen molar-refractivity contribution in [3.05, 3.63) is 72.0 Å². The van der Waals surface area contributed by atoms with E-state index in [4.69, 9.17) is 30.3 Å². The molecule has 0 spiro atoms. The van der Waals surface area contributed by atoms with Gasteiger partial charge in [-0.15, -0.1) is 12.4 Å². The highest BCUT2D eigenvalue weighted by atomic mass is 35.7. The van der Waals surface area contributed by atoms with E-state index in [0.29, 0.717) is 17.0 Å². The number of methoxy groups -OCH3 is 2. The molecule has 0 aliphatic carbocycles. The van der Waals surface area contributed by atoms with Crippen molar-refractivity contribution in [3.63, 3.8) is 0 Å². The van der Waals surface area contributed by atoms with Gasteiger partial charge in [0.15, 0.2) is 5.58 Å². The lowest BCUT2D eigenvalue weighted by molar-refractivity contribution is 0.402. The first-order valence-corrected chi connectivity index (χ1v) is 16.9. The fourth-order valence-electron chi connectivity index (χ4n) is 4.77. The van der Waals surface area contributed by atoms with Crippen molar-refractivity contribution in [1.82, 2.24) is 0 Å². The summed E-state index contributed by atoms with van der Waals surface area (Å²) in [5.74, 6) is 0.561. The van der Waals surface area contributed by atoms with Gasteiger partial charge in [-0.1, -0.05) is 12.1 Å². The van der Waals surface area contributed by atoms with E-state index in [1.165, 1.54) is 20.3 Å². The third-order valence-electron chi connectivity index (χ3n) is 6.83. The molecule has 3 N–H and O–H groups in total. The number of piperidine rings is 1. The van der Waals surface area contributed by atoms with E-state index in [0.717, 1.165) is 48.0 Å². The van der Waals surface area contributed by atoms with E-state index < -0.39 is 19.1 Å². The molecule has 1 aliphatic heterocycles. The average Bonchev–Trinajstić information content (AvgIpc) is 3.41. The van der Waals surface area contributed by atoms with Gasteiger partial charge in [-0.05, 0) is 86.7 Å². The Bertz CT molecular complexity index is 1800. The highest BCUT2D eigenvalue weighted by molar-refractivity contribution is 8.13. The van der Waals surface area contributed by atoms with Crippen LogP contribution in [0.2, 0.25) is 0 Å². The zero-order valence-electron chi connectivity index (χ0n) is 24.2. The number of furan rings is 1. The van der Waals surface area contributed by atoms with Crippen LogP contribution >= 0.6 is 23.1 Å². The van der Waals surface area contributed by atoms with Gasteiger partial charge in [-0.25, -0.2) is 16.8 Å². The Hall–Kier alpha value is -3.16. The van der Waals surface area contributed by atoms with Crippen molar-refractivity contribution in [2.24, 2.45) is 5.73 Å². The number of nitrogens with one attached hydrogen (secondary N) is 1. The molecule has 2 heterocycles. The quantitative estimate of drug-likeness (QED) is 0.220. The number of rotatable bonds is 7. The standard InChI is InChI=1S/C21H25N3O4S.C8H9ClO3S.ClH/c1-14-6-7-18(27-2)19(11-14)29(25,26)23-16-12-15-8-10-28-21(15)17(13-16)24-9-4-3-5-20(24)22;1-6-3-4-7(12-2)8(5-6)13(9,10)11;/h6-8,10-13,20,23H,3-5,9,22H2,1-2H3;3-5H,1-2H3;1H. The molecule has 1 aromatic heterocycles. The van der Waals surface area contributed by atoms with Crippen LogP contribution in [-0.4, -0.2) is 43.8 Å². The number of nitrogens with two attached hydrogens (primary N) is 1. The van der Waals surface area contributed by atoms with Crippen LogP contribution in [0.1, 0.15) is 30.4 Å². The molecule has 234 valence electrons. The van der Waals surface area contributed by atoms with E-state index in [9.17, 15) is 16.8 Å². The molecule has 1 saturated heterocycles. The average molecular weight is 673 g/mol. The second kappa shape index (κ2) is 14.1. The number of aryl methyl sites for hydroxylation is 2. The minimum atomic E-state index is -3.85. The highest BCUT2D eigenvalue weighted by Gasteiger charge is 2.25. The Morgan fingerprint density at radius 3 is 2.09 bits per heavy atom. The van der Waals surface area contributed by atoms with E-state index in [1.807, 2.05) is 19.1 Å². The second-order valence-electron chi connectivity index (χ2n) is 9.94. The molecule has 0 amide bonds. The van der Waals surface area contributed by atoms with E-state index in [-0.39, 0.29) is 34.1 Å². The zero-order chi connectivity index (χ0) is 30.7. The molecule has 1 atom stereocenters. The number of hydrogen-bond acceptors (Lipinski definition) is 9. The van der Waals surface area contributed by atoms with Crippen LogP contribution in [0.5, 0.6) is 11.5 Å². The van der Waals surface area contributed by atoms with Crippen molar-refractivity contribution >= 4 is 64.5 Å². The maximum absolute atomic E-state index is 13.1. The van der Waals surface area contributed by atoms with Crippen molar-refractivity contribution in [2.45, 2.75) is 49.1 Å². The van der Waals surface area contributed by atoms with Crippen LogP contribution < -0.4 is 24.8 Å². The lowest BCUT2D eigenvalue weighted by Gasteiger charge is -2.35. The first kappa shape index (κ1) is 34.3. The molecule has 5 rings (SSSR count). The lowest BCUT2D eigenvalue weighted by Crippen LogP contribution is -2.45. The molecule has 3 aromatic carbocycles. The van der Waals surface area contributed by atoms with E-state index in [2.05, 4.69) is 9.62 Å². The van der Waals surface area contributed by atoms with Gasteiger partial charge in [0.2, 0.25) is 0 Å². The summed E-state index contributed by atoms with van der Waals surface area (Å²) in [5.41, 5.74) is 9.93. The predicted molar refractivity (Wildman–Crippen MR) is 172 cm³/mol. The van der Waals surface area contributed by atoms with Crippen LogP contribution in [0.15, 0.2) is 75.1 Å². The SMILES string of the molecule is COc1ccc(C)cc1S(=O)(=O)Cl.COc1ccc(C)cc1S(=O)(=O)Nc1cc(N2CCCCC2N)c2occc2c1.Cl. The molecular formula is C29H35Cl2N3O7S2. The fraction of sp³-hybridized carbons (Fsp3) is 0.310. The Morgan fingerprint density at radius 1 is 0.907 bits per heavy atom. The van der Waals surface area contributed by atoms with Gasteiger partial charge in [0.25, 0.3) is 19.1 Å². The van der Waals surface area contributed by atoms with Crippen LogP contribution in [0, 0.1) is 13.8 Å². The van der Waals surface area contributed by atoms with Gasteiger partial charge in [-0.3, -0.25) is 4.72 Å². The van der Waals surface area contributed by atoms with Crippen molar-refractivity contribution < 1.29 is 30.7 Å². The molecule has 0 radical (unpaired) electrons. The molecule has 10 nitrogen and oxygen atoms in total. The molecule has 4 aromatic rings. The monoisotopic (exact) mass is 671 g/mol. The summed E-state index contributed by atoms with van der Waals surface area (Å²) in [6, 6.07) is 15.2. The summed E-state index contributed by atoms with van der Waals surface area (Å²) >= 11 is 0. The Kier molecular flexibility index (Phi) is 11.2. The largest absolute Gasteiger partial charge is 0.495 e. The minimum Gasteiger partial charge on any atom is -0.495 e. The Balaban J connectivity index is 0.000000306. The number of hydrogen-bond donors (Lipinski definition) is 2. The fourth-order valence-corrected chi connectivity index (χ4v) is 7.15. The number of fused-ring (bicyclic) bond motifs is 1. The van der Waals surface area contributed by atoms with Gasteiger partial charge in [0.1, 0.15) is 21.3 Å². The van der Waals surface area contributed by atoms with Gasteiger partial charge in [0, 0.05) is 22.6 Å². The van der Waals surface area contributed by atoms with Crippen molar-refractivity contribution in [1.29, 1.82) is 0 Å². The van der Waals surface area contributed by atoms with E-state index >= 15 is 0 Å². The maximum Gasteiger partial charge on any atom is 0.265 e. The molecule has 0 saturated carbocycles. The van der Waals surface area contributed by atoms with Crippen LogP contribution in [0.25, 0.3) is 11.0 Å². The minimum absolute atomic E-state index is 0. The number of halogens is 2.